The van der Waals surface area contributed by atoms with Gasteiger partial charge in [-0.1, -0.05) is 26.0 Å². The minimum absolute atomic E-state index is 0.305. The fraction of sp³-hybridized carbons (Fsp3) is 0.800. The van der Waals surface area contributed by atoms with Crippen molar-refractivity contribution in [3.05, 3.63) is 10.3 Å². The highest BCUT2D eigenvalue weighted by molar-refractivity contribution is 9.10. The second-order valence-electron chi connectivity index (χ2n) is 4.06. The lowest BCUT2D eigenvalue weighted by Crippen LogP contribution is -2.28. The van der Waals surface area contributed by atoms with E-state index in [0.717, 1.165) is 23.3 Å². The zero-order valence-corrected chi connectivity index (χ0v) is 11.4. The van der Waals surface area contributed by atoms with Crippen LogP contribution >= 0.6 is 15.9 Å². The van der Waals surface area contributed by atoms with Crippen LogP contribution < -0.4 is 5.32 Å². The summed E-state index contributed by atoms with van der Waals surface area (Å²) in [7, 11) is 1.93. The van der Waals surface area contributed by atoms with Gasteiger partial charge in [0.2, 0.25) is 0 Å². The van der Waals surface area contributed by atoms with E-state index in [1.54, 1.807) is 0 Å². The summed E-state index contributed by atoms with van der Waals surface area (Å²) >= 11 is 3.44. The largest absolute Gasteiger partial charge is 0.308 e. The molecular weight excluding hydrogens is 256 g/mol. The first-order chi connectivity index (χ1) is 7.07. The Morgan fingerprint density at radius 2 is 2.13 bits per heavy atom. The van der Waals surface area contributed by atoms with Crippen LogP contribution in [-0.4, -0.2) is 21.5 Å². The molecule has 5 heteroatoms. The Kier molecular flexibility index (Phi) is 4.73. The highest BCUT2D eigenvalue weighted by atomic mass is 79.9. The number of aryl methyl sites for hydroxylation is 1. The summed E-state index contributed by atoms with van der Waals surface area (Å²) in [6.07, 6.45) is 1.13. The number of hydrogen-bond acceptors (Lipinski definition) is 3. The van der Waals surface area contributed by atoms with Crippen molar-refractivity contribution >= 4 is 15.9 Å². The Hall–Kier alpha value is -0.420. The third-order valence-corrected chi connectivity index (χ3v) is 2.97. The summed E-state index contributed by atoms with van der Waals surface area (Å²) in [6, 6.07) is 0.305. The Bertz CT molecular complexity index is 289. The zero-order valence-electron chi connectivity index (χ0n) is 9.79. The van der Waals surface area contributed by atoms with Gasteiger partial charge in [-0.2, -0.15) is 0 Å². The van der Waals surface area contributed by atoms with Crippen LogP contribution in [0, 0.1) is 5.92 Å². The average molecular weight is 275 g/mol. The molecule has 86 valence electrons. The van der Waals surface area contributed by atoms with Crippen LogP contribution in [0.15, 0.2) is 4.60 Å². The van der Waals surface area contributed by atoms with Crippen molar-refractivity contribution in [3.63, 3.8) is 0 Å². The summed E-state index contributed by atoms with van der Waals surface area (Å²) in [5, 5.41) is 11.5. The van der Waals surface area contributed by atoms with E-state index < -0.39 is 0 Å². The maximum atomic E-state index is 4.02. The van der Waals surface area contributed by atoms with Crippen LogP contribution in [0.2, 0.25) is 0 Å². The molecule has 1 N–H and O–H groups in total. The van der Waals surface area contributed by atoms with E-state index in [9.17, 15) is 0 Å². The minimum Gasteiger partial charge on any atom is -0.308 e. The second kappa shape index (κ2) is 5.61. The highest BCUT2D eigenvalue weighted by Gasteiger charge is 2.22. The van der Waals surface area contributed by atoms with Gasteiger partial charge in [-0.25, -0.2) is 4.68 Å². The lowest BCUT2D eigenvalue weighted by Gasteiger charge is -2.22. The van der Waals surface area contributed by atoms with Crippen LogP contribution in [0.5, 0.6) is 0 Å². The van der Waals surface area contributed by atoms with Gasteiger partial charge < -0.3 is 5.32 Å². The first-order valence-corrected chi connectivity index (χ1v) is 6.15. The third-order valence-electron chi connectivity index (χ3n) is 2.40. The van der Waals surface area contributed by atoms with Crippen LogP contribution in [0.1, 0.15) is 38.9 Å². The zero-order chi connectivity index (χ0) is 11.4. The van der Waals surface area contributed by atoms with Crippen molar-refractivity contribution < 1.29 is 0 Å². The smallest absolute Gasteiger partial charge is 0.153 e. The fourth-order valence-electron chi connectivity index (χ4n) is 1.62. The molecule has 0 aromatic carbocycles. The molecule has 0 aliphatic carbocycles. The number of nitrogens with one attached hydrogen (secondary N) is 1. The van der Waals surface area contributed by atoms with Gasteiger partial charge in [0, 0.05) is 7.05 Å². The number of aromatic nitrogens is 3. The highest BCUT2D eigenvalue weighted by Crippen LogP contribution is 2.26. The summed E-state index contributed by atoms with van der Waals surface area (Å²) in [6.45, 7) is 7.58. The number of halogens is 1. The van der Waals surface area contributed by atoms with Crippen molar-refractivity contribution in [2.75, 3.05) is 6.54 Å². The predicted octanol–water partition coefficient (Wildman–Crippen LogP) is 2.27. The Morgan fingerprint density at radius 1 is 1.47 bits per heavy atom. The normalized spacial score (nSPS) is 13.5. The monoisotopic (exact) mass is 274 g/mol. The molecule has 4 nitrogen and oxygen atoms in total. The molecular formula is C10H19BrN4. The lowest BCUT2D eigenvalue weighted by atomic mass is 10.0. The molecule has 15 heavy (non-hydrogen) atoms. The first kappa shape index (κ1) is 12.6. The average Bonchev–Trinajstić information content (AvgIpc) is 2.49. The summed E-state index contributed by atoms with van der Waals surface area (Å²) < 4.78 is 2.67. The summed E-state index contributed by atoms with van der Waals surface area (Å²) in [5.74, 6) is 0.519. The molecule has 0 amide bonds. The second-order valence-corrected chi connectivity index (χ2v) is 4.82. The molecule has 0 saturated carbocycles. The fourth-order valence-corrected chi connectivity index (χ4v) is 2.19. The number of rotatable bonds is 5. The molecule has 1 rings (SSSR count). The van der Waals surface area contributed by atoms with Gasteiger partial charge in [0.1, 0.15) is 0 Å². The SMILES string of the molecule is CCCNC(c1c(Br)nnn1C)C(C)C. The van der Waals surface area contributed by atoms with Crippen molar-refractivity contribution in [1.29, 1.82) is 0 Å². The van der Waals surface area contributed by atoms with Gasteiger partial charge in [0.15, 0.2) is 4.60 Å². The molecule has 0 radical (unpaired) electrons. The molecule has 0 aliphatic rings. The van der Waals surface area contributed by atoms with E-state index in [-0.39, 0.29) is 0 Å². The Balaban J connectivity index is 2.88. The predicted molar refractivity (Wildman–Crippen MR) is 64.6 cm³/mol. The molecule has 0 saturated heterocycles. The van der Waals surface area contributed by atoms with Gasteiger partial charge in [0.05, 0.1) is 11.7 Å². The lowest BCUT2D eigenvalue weighted by molar-refractivity contribution is 0.389. The van der Waals surface area contributed by atoms with Crippen molar-refractivity contribution in [2.45, 2.75) is 33.2 Å². The van der Waals surface area contributed by atoms with Crippen LogP contribution in [0.4, 0.5) is 0 Å². The molecule has 0 aliphatic heterocycles. The molecule has 0 spiro atoms. The van der Waals surface area contributed by atoms with Crippen LogP contribution in [0.25, 0.3) is 0 Å². The topological polar surface area (TPSA) is 42.7 Å². The van der Waals surface area contributed by atoms with E-state index in [4.69, 9.17) is 0 Å². The molecule has 1 atom stereocenters. The maximum Gasteiger partial charge on any atom is 0.153 e. The molecule has 1 aromatic heterocycles. The van der Waals surface area contributed by atoms with Crippen molar-refractivity contribution in [2.24, 2.45) is 13.0 Å². The third kappa shape index (κ3) is 3.01. The van der Waals surface area contributed by atoms with E-state index in [1.807, 2.05) is 11.7 Å². The molecule has 1 heterocycles. The quantitative estimate of drug-likeness (QED) is 0.896. The minimum atomic E-state index is 0.305. The van der Waals surface area contributed by atoms with Gasteiger partial charge in [-0.3, -0.25) is 0 Å². The standard InChI is InChI=1S/C10H19BrN4/c1-5-6-12-8(7(2)3)9-10(11)13-14-15(9)4/h7-8,12H,5-6H2,1-4H3. The van der Waals surface area contributed by atoms with Gasteiger partial charge in [-0.15, -0.1) is 5.10 Å². The van der Waals surface area contributed by atoms with Crippen LogP contribution in [0.3, 0.4) is 0 Å². The van der Waals surface area contributed by atoms with E-state index in [0.29, 0.717) is 12.0 Å². The molecule has 0 bridgehead atoms. The van der Waals surface area contributed by atoms with Gasteiger partial charge >= 0.3 is 0 Å². The molecule has 1 aromatic rings. The van der Waals surface area contributed by atoms with Gasteiger partial charge in [-0.05, 0) is 34.8 Å². The van der Waals surface area contributed by atoms with Gasteiger partial charge in [0.25, 0.3) is 0 Å². The maximum absolute atomic E-state index is 4.02. The first-order valence-electron chi connectivity index (χ1n) is 5.36. The van der Waals surface area contributed by atoms with E-state index in [1.165, 1.54) is 0 Å². The van der Waals surface area contributed by atoms with E-state index in [2.05, 4.69) is 52.3 Å². The summed E-state index contributed by atoms with van der Waals surface area (Å²) in [4.78, 5) is 0. The number of nitrogens with zero attached hydrogens (tertiary/aromatic N) is 3. The Morgan fingerprint density at radius 3 is 2.53 bits per heavy atom. The molecule has 1 unspecified atom stereocenters. The van der Waals surface area contributed by atoms with E-state index >= 15 is 0 Å². The van der Waals surface area contributed by atoms with Crippen molar-refractivity contribution in [1.82, 2.24) is 20.3 Å². The summed E-state index contributed by atoms with van der Waals surface area (Å²) in [5.41, 5.74) is 1.12. The van der Waals surface area contributed by atoms with Crippen LogP contribution in [-0.2, 0) is 7.05 Å². The number of hydrogen-bond donors (Lipinski definition) is 1. The van der Waals surface area contributed by atoms with Crippen molar-refractivity contribution in [3.8, 4) is 0 Å². The Labute approximate surface area is 99.6 Å². The molecule has 0 fully saturated rings.